The summed E-state index contributed by atoms with van der Waals surface area (Å²) in [6, 6.07) is 7.70. The van der Waals surface area contributed by atoms with Crippen molar-refractivity contribution in [3.05, 3.63) is 29.3 Å². The van der Waals surface area contributed by atoms with Crippen LogP contribution in [-0.2, 0) is 4.79 Å². The van der Waals surface area contributed by atoms with E-state index in [4.69, 9.17) is 11.6 Å². The van der Waals surface area contributed by atoms with Crippen molar-refractivity contribution in [2.24, 2.45) is 5.10 Å². The van der Waals surface area contributed by atoms with Crippen molar-refractivity contribution in [2.45, 2.75) is 19.4 Å². The van der Waals surface area contributed by atoms with Crippen LogP contribution in [0.15, 0.2) is 29.4 Å². The number of carbonyl (C=O) groups is 1. The molecule has 4 nitrogen and oxygen atoms in total. The second-order valence-corrected chi connectivity index (χ2v) is 4.12. The summed E-state index contributed by atoms with van der Waals surface area (Å²) in [5.41, 5.74) is 0.972. The molecule has 1 aromatic carbocycles. The van der Waals surface area contributed by atoms with Gasteiger partial charge in [-0.15, -0.1) is 0 Å². The summed E-state index contributed by atoms with van der Waals surface area (Å²) in [6.07, 6.45) is 1.39. The quantitative estimate of drug-likeness (QED) is 0.800. The molecule has 16 heavy (non-hydrogen) atoms. The molecule has 1 amide bonds. The smallest absolute Gasteiger partial charge is 0.212 e. The minimum atomic E-state index is 0.239. The Balaban J connectivity index is 2.20. The number of halogens is 1. The zero-order chi connectivity index (χ0) is 11.5. The molecule has 1 aliphatic rings. The summed E-state index contributed by atoms with van der Waals surface area (Å²) >= 11 is 5.82. The minimum Gasteiger partial charge on any atom is -0.315 e. The third kappa shape index (κ3) is 2.17. The van der Waals surface area contributed by atoms with E-state index in [9.17, 15) is 4.79 Å². The predicted molar refractivity (Wildman–Crippen MR) is 64.6 cm³/mol. The standard InChI is InChI=1S/C11H12ClN3O/c1-8-6-11(13-7-16)14-15(8)10-4-2-9(12)3-5-10/h2-5,7-8H,6H2,1H3,(H,13,14,16). The number of amidine groups is 1. The van der Waals surface area contributed by atoms with Crippen LogP contribution in [0.5, 0.6) is 0 Å². The van der Waals surface area contributed by atoms with Gasteiger partial charge in [-0.1, -0.05) is 11.6 Å². The highest BCUT2D eigenvalue weighted by molar-refractivity contribution is 6.30. The molecule has 0 bridgehead atoms. The maximum atomic E-state index is 10.3. The van der Waals surface area contributed by atoms with E-state index in [1.807, 2.05) is 29.3 Å². The lowest BCUT2D eigenvalue weighted by Gasteiger charge is -2.19. The molecule has 5 heteroatoms. The van der Waals surface area contributed by atoms with E-state index in [1.165, 1.54) is 0 Å². The first-order valence-electron chi connectivity index (χ1n) is 5.03. The fraction of sp³-hybridized carbons (Fsp3) is 0.273. The summed E-state index contributed by atoms with van der Waals surface area (Å²) in [5.74, 6) is 0.692. The van der Waals surface area contributed by atoms with E-state index in [2.05, 4.69) is 17.3 Å². The first kappa shape index (κ1) is 11.0. The molecule has 84 valence electrons. The Bertz CT molecular complexity index is 416. The molecule has 0 saturated carbocycles. The molecule has 1 heterocycles. The van der Waals surface area contributed by atoms with Gasteiger partial charge in [0.15, 0.2) is 0 Å². The minimum absolute atomic E-state index is 0.239. The zero-order valence-electron chi connectivity index (χ0n) is 8.85. The number of carbonyl (C=O) groups excluding carboxylic acids is 1. The summed E-state index contributed by atoms with van der Waals surface area (Å²) in [5, 5.41) is 9.49. The Hall–Kier alpha value is -1.55. The second kappa shape index (κ2) is 4.53. The number of benzene rings is 1. The number of rotatable bonds is 2. The Morgan fingerprint density at radius 2 is 2.19 bits per heavy atom. The number of hydrogen-bond donors (Lipinski definition) is 1. The van der Waals surface area contributed by atoms with E-state index in [0.29, 0.717) is 17.3 Å². The molecule has 0 radical (unpaired) electrons. The molecular weight excluding hydrogens is 226 g/mol. The molecule has 0 fully saturated rings. The van der Waals surface area contributed by atoms with Gasteiger partial charge < -0.3 is 5.32 Å². The Morgan fingerprint density at radius 3 is 2.81 bits per heavy atom. The molecule has 0 spiro atoms. The third-order valence-corrected chi connectivity index (χ3v) is 2.70. The molecule has 1 unspecified atom stereocenters. The van der Waals surface area contributed by atoms with E-state index in [-0.39, 0.29) is 6.04 Å². The van der Waals surface area contributed by atoms with Crippen LogP contribution in [0, 0.1) is 0 Å². The predicted octanol–water partition coefficient (Wildman–Crippen LogP) is 2.00. The molecule has 1 N–H and O–H groups in total. The van der Waals surface area contributed by atoms with Crippen molar-refractivity contribution in [1.29, 1.82) is 0 Å². The molecular formula is C11H12ClN3O. The van der Waals surface area contributed by atoms with Gasteiger partial charge in [-0.05, 0) is 31.2 Å². The van der Waals surface area contributed by atoms with Gasteiger partial charge in [-0.25, -0.2) is 0 Å². The Morgan fingerprint density at radius 1 is 1.50 bits per heavy atom. The average Bonchev–Trinajstić information content (AvgIpc) is 2.61. The number of nitrogens with one attached hydrogen (secondary N) is 1. The van der Waals surface area contributed by atoms with Gasteiger partial charge in [-0.3, -0.25) is 9.80 Å². The van der Waals surface area contributed by atoms with Crippen molar-refractivity contribution in [3.8, 4) is 0 Å². The third-order valence-electron chi connectivity index (χ3n) is 2.45. The monoisotopic (exact) mass is 237 g/mol. The van der Waals surface area contributed by atoms with Gasteiger partial charge in [-0.2, -0.15) is 5.10 Å². The van der Waals surface area contributed by atoms with Crippen LogP contribution < -0.4 is 10.3 Å². The summed E-state index contributed by atoms with van der Waals surface area (Å²) in [6.45, 7) is 2.05. The first-order chi connectivity index (χ1) is 7.70. The highest BCUT2D eigenvalue weighted by atomic mass is 35.5. The van der Waals surface area contributed by atoms with E-state index >= 15 is 0 Å². The fourth-order valence-electron chi connectivity index (χ4n) is 1.70. The van der Waals surface area contributed by atoms with Gasteiger partial charge in [0.2, 0.25) is 6.41 Å². The largest absolute Gasteiger partial charge is 0.315 e. The van der Waals surface area contributed by atoms with Crippen LogP contribution in [0.25, 0.3) is 0 Å². The highest BCUT2D eigenvalue weighted by Gasteiger charge is 2.23. The van der Waals surface area contributed by atoms with Crippen LogP contribution in [0.4, 0.5) is 5.69 Å². The molecule has 2 rings (SSSR count). The number of anilines is 1. The normalized spacial score (nSPS) is 19.5. The molecule has 0 aromatic heterocycles. The van der Waals surface area contributed by atoms with Gasteiger partial charge in [0, 0.05) is 11.4 Å². The van der Waals surface area contributed by atoms with Crippen molar-refractivity contribution in [3.63, 3.8) is 0 Å². The van der Waals surface area contributed by atoms with Crippen LogP contribution in [-0.4, -0.2) is 18.3 Å². The summed E-state index contributed by atoms with van der Waals surface area (Å²) < 4.78 is 0. The molecule has 0 saturated heterocycles. The number of nitrogens with zero attached hydrogens (tertiary/aromatic N) is 2. The second-order valence-electron chi connectivity index (χ2n) is 3.68. The van der Waals surface area contributed by atoms with Gasteiger partial charge in [0.25, 0.3) is 0 Å². The first-order valence-corrected chi connectivity index (χ1v) is 5.41. The topological polar surface area (TPSA) is 44.7 Å². The van der Waals surface area contributed by atoms with Crippen LogP contribution >= 0.6 is 11.6 Å². The SMILES string of the molecule is CC1CC(NC=O)=NN1c1ccc(Cl)cc1. The average molecular weight is 238 g/mol. The lowest BCUT2D eigenvalue weighted by molar-refractivity contribution is -0.108. The highest BCUT2D eigenvalue weighted by Crippen LogP contribution is 2.24. The van der Waals surface area contributed by atoms with Crippen molar-refractivity contribution < 1.29 is 4.79 Å². The number of hydrazone groups is 1. The number of hydrogen-bond acceptors (Lipinski definition) is 3. The summed E-state index contributed by atoms with van der Waals surface area (Å²) in [4.78, 5) is 10.3. The summed E-state index contributed by atoms with van der Waals surface area (Å²) in [7, 11) is 0. The van der Waals surface area contributed by atoms with Crippen LogP contribution in [0.1, 0.15) is 13.3 Å². The lowest BCUT2D eigenvalue weighted by Crippen LogP contribution is -2.23. The molecule has 1 atom stereocenters. The Kier molecular flexibility index (Phi) is 3.10. The van der Waals surface area contributed by atoms with Crippen molar-refractivity contribution in [1.82, 2.24) is 5.32 Å². The van der Waals surface area contributed by atoms with E-state index < -0.39 is 0 Å². The number of amides is 1. The van der Waals surface area contributed by atoms with Crippen LogP contribution in [0.3, 0.4) is 0 Å². The lowest BCUT2D eigenvalue weighted by atomic mass is 10.2. The fourth-order valence-corrected chi connectivity index (χ4v) is 1.82. The maximum absolute atomic E-state index is 10.3. The van der Waals surface area contributed by atoms with Crippen molar-refractivity contribution >= 4 is 29.5 Å². The van der Waals surface area contributed by atoms with Gasteiger partial charge in [0.05, 0.1) is 11.7 Å². The molecule has 1 aliphatic heterocycles. The van der Waals surface area contributed by atoms with Crippen LogP contribution in [0.2, 0.25) is 5.02 Å². The maximum Gasteiger partial charge on any atom is 0.212 e. The van der Waals surface area contributed by atoms with Gasteiger partial charge in [0.1, 0.15) is 5.84 Å². The molecule has 1 aromatic rings. The van der Waals surface area contributed by atoms with Gasteiger partial charge >= 0.3 is 0 Å². The Labute approximate surface area is 98.9 Å². The van der Waals surface area contributed by atoms with Crippen molar-refractivity contribution in [2.75, 3.05) is 5.01 Å². The zero-order valence-corrected chi connectivity index (χ0v) is 9.61. The van der Waals surface area contributed by atoms with E-state index in [1.54, 1.807) is 0 Å². The van der Waals surface area contributed by atoms with E-state index in [0.717, 1.165) is 12.1 Å². The molecule has 0 aliphatic carbocycles.